The third-order valence-electron chi connectivity index (χ3n) is 3.19. The molecule has 3 nitrogen and oxygen atoms in total. The van der Waals surface area contributed by atoms with Gasteiger partial charge in [0.05, 0.1) is 6.61 Å². The summed E-state index contributed by atoms with van der Waals surface area (Å²) in [4.78, 5) is 2.48. The molecule has 0 aliphatic rings. The van der Waals surface area contributed by atoms with Crippen LogP contribution in [0.2, 0.25) is 0 Å². The topological polar surface area (TPSA) is 38.5 Å². The number of hydrogen-bond donors (Lipinski definition) is 1. The van der Waals surface area contributed by atoms with Crippen LogP contribution < -0.4 is 5.73 Å². The van der Waals surface area contributed by atoms with Crippen molar-refractivity contribution in [3.05, 3.63) is 0 Å². The fourth-order valence-corrected chi connectivity index (χ4v) is 1.83. The number of ether oxygens (including phenoxy) is 1. The van der Waals surface area contributed by atoms with Gasteiger partial charge in [-0.1, -0.05) is 27.7 Å². The van der Waals surface area contributed by atoms with Crippen molar-refractivity contribution in [3.63, 3.8) is 0 Å². The third-order valence-corrected chi connectivity index (χ3v) is 3.19. The van der Waals surface area contributed by atoms with Crippen LogP contribution in [0.15, 0.2) is 0 Å². The Morgan fingerprint density at radius 2 is 2.00 bits per heavy atom. The summed E-state index contributed by atoms with van der Waals surface area (Å²) in [7, 11) is 1.76. The molecule has 0 bridgehead atoms. The van der Waals surface area contributed by atoms with Crippen LogP contribution in [0.3, 0.4) is 0 Å². The lowest BCUT2D eigenvalue weighted by atomic mass is 9.87. The first kappa shape index (κ1) is 15.9. The first-order valence-electron chi connectivity index (χ1n) is 6.38. The van der Waals surface area contributed by atoms with Gasteiger partial charge in [0.1, 0.15) is 0 Å². The van der Waals surface area contributed by atoms with Crippen molar-refractivity contribution in [2.24, 2.45) is 17.1 Å². The van der Waals surface area contributed by atoms with Crippen molar-refractivity contribution in [2.45, 2.75) is 34.1 Å². The molecule has 0 aliphatic carbocycles. The maximum Gasteiger partial charge on any atom is 0.0589 e. The lowest BCUT2D eigenvalue weighted by molar-refractivity contribution is 0.104. The largest absolute Gasteiger partial charge is 0.383 e. The van der Waals surface area contributed by atoms with E-state index in [1.165, 1.54) is 0 Å². The number of nitrogens with zero attached hydrogens (tertiary/aromatic N) is 1. The van der Waals surface area contributed by atoms with Crippen LogP contribution in [-0.4, -0.2) is 44.8 Å². The molecule has 0 aromatic rings. The Kier molecular flexibility index (Phi) is 7.98. The minimum atomic E-state index is 0.239. The van der Waals surface area contributed by atoms with Crippen LogP contribution in [0.5, 0.6) is 0 Å². The van der Waals surface area contributed by atoms with Crippen molar-refractivity contribution < 1.29 is 4.74 Å². The second-order valence-corrected chi connectivity index (χ2v) is 5.49. The highest BCUT2D eigenvalue weighted by molar-refractivity contribution is 4.78. The van der Waals surface area contributed by atoms with Gasteiger partial charge in [0.15, 0.2) is 0 Å². The summed E-state index contributed by atoms with van der Waals surface area (Å²) < 4.78 is 5.16. The van der Waals surface area contributed by atoms with Gasteiger partial charge in [0.25, 0.3) is 0 Å². The van der Waals surface area contributed by atoms with Gasteiger partial charge >= 0.3 is 0 Å². The summed E-state index contributed by atoms with van der Waals surface area (Å²) in [6.45, 7) is 13.8. The van der Waals surface area contributed by atoms with Crippen molar-refractivity contribution in [2.75, 3.05) is 39.9 Å². The van der Waals surface area contributed by atoms with Gasteiger partial charge in [0.2, 0.25) is 0 Å². The van der Waals surface area contributed by atoms with Gasteiger partial charge in [-0.15, -0.1) is 0 Å². The SMILES string of the molecule is CCC(C)(CN)CN(CCOC)CC(C)C. The van der Waals surface area contributed by atoms with E-state index < -0.39 is 0 Å². The van der Waals surface area contributed by atoms with E-state index >= 15 is 0 Å². The van der Waals surface area contributed by atoms with Gasteiger partial charge < -0.3 is 15.4 Å². The Hall–Kier alpha value is -0.120. The van der Waals surface area contributed by atoms with E-state index in [0.717, 1.165) is 39.2 Å². The number of methoxy groups -OCH3 is 1. The molecule has 3 heteroatoms. The summed E-state index contributed by atoms with van der Waals surface area (Å²) in [5.74, 6) is 0.690. The van der Waals surface area contributed by atoms with Crippen molar-refractivity contribution in [1.29, 1.82) is 0 Å². The normalized spacial score (nSPS) is 15.8. The molecular weight excluding hydrogens is 200 g/mol. The smallest absolute Gasteiger partial charge is 0.0589 e. The van der Waals surface area contributed by atoms with Crippen LogP contribution in [0, 0.1) is 11.3 Å². The molecule has 0 rings (SSSR count). The molecule has 98 valence electrons. The highest BCUT2D eigenvalue weighted by atomic mass is 16.5. The second-order valence-electron chi connectivity index (χ2n) is 5.49. The zero-order valence-corrected chi connectivity index (χ0v) is 11.8. The van der Waals surface area contributed by atoms with Crippen LogP contribution in [0.25, 0.3) is 0 Å². The van der Waals surface area contributed by atoms with E-state index in [4.69, 9.17) is 10.5 Å². The Morgan fingerprint density at radius 1 is 1.38 bits per heavy atom. The second kappa shape index (κ2) is 8.04. The molecule has 0 saturated heterocycles. The molecule has 1 atom stereocenters. The molecule has 0 fully saturated rings. The van der Waals surface area contributed by atoms with Gasteiger partial charge in [-0.2, -0.15) is 0 Å². The Balaban J connectivity index is 4.27. The highest BCUT2D eigenvalue weighted by Crippen LogP contribution is 2.21. The van der Waals surface area contributed by atoms with E-state index in [1.807, 2.05) is 0 Å². The van der Waals surface area contributed by atoms with Gasteiger partial charge in [-0.05, 0) is 24.3 Å². The molecule has 0 aromatic heterocycles. The molecule has 0 aromatic carbocycles. The highest BCUT2D eigenvalue weighted by Gasteiger charge is 2.23. The van der Waals surface area contributed by atoms with E-state index in [9.17, 15) is 0 Å². The molecule has 0 heterocycles. The van der Waals surface area contributed by atoms with Crippen LogP contribution in [0.4, 0.5) is 0 Å². The van der Waals surface area contributed by atoms with Gasteiger partial charge in [-0.3, -0.25) is 0 Å². The summed E-state index contributed by atoms with van der Waals surface area (Å²) >= 11 is 0. The lowest BCUT2D eigenvalue weighted by Crippen LogP contribution is -2.43. The number of rotatable bonds is 9. The van der Waals surface area contributed by atoms with Gasteiger partial charge in [0, 0.05) is 26.7 Å². The molecule has 0 radical (unpaired) electrons. The zero-order chi connectivity index (χ0) is 12.6. The van der Waals surface area contributed by atoms with E-state index in [1.54, 1.807) is 7.11 Å². The summed E-state index contributed by atoms with van der Waals surface area (Å²) in [5, 5.41) is 0. The quantitative estimate of drug-likeness (QED) is 0.658. The molecule has 16 heavy (non-hydrogen) atoms. The molecule has 0 amide bonds. The molecule has 0 spiro atoms. The number of nitrogens with two attached hydrogens (primary N) is 1. The maximum atomic E-state index is 5.87. The first-order valence-corrected chi connectivity index (χ1v) is 6.38. The van der Waals surface area contributed by atoms with Crippen LogP contribution >= 0.6 is 0 Å². The van der Waals surface area contributed by atoms with Crippen molar-refractivity contribution in [3.8, 4) is 0 Å². The first-order chi connectivity index (χ1) is 7.47. The average molecular weight is 230 g/mol. The number of hydrogen-bond acceptors (Lipinski definition) is 3. The summed E-state index contributed by atoms with van der Waals surface area (Å²) in [6.07, 6.45) is 1.13. The van der Waals surface area contributed by atoms with Crippen molar-refractivity contribution in [1.82, 2.24) is 4.90 Å². The van der Waals surface area contributed by atoms with Crippen molar-refractivity contribution >= 4 is 0 Å². The van der Waals surface area contributed by atoms with Gasteiger partial charge in [-0.25, -0.2) is 0 Å². The predicted molar refractivity (Wildman–Crippen MR) is 70.6 cm³/mol. The summed E-state index contributed by atoms with van der Waals surface area (Å²) in [6, 6.07) is 0. The third kappa shape index (κ3) is 6.46. The predicted octanol–water partition coefficient (Wildman–Crippen LogP) is 1.97. The summed E-state index contributed by atoms with van der Waals surface area (Å²) in [5.41, 5.74) is 6.11. The lowest BCUT2D eigenvalue weighted by Gasteiger charge is -2.34. The fourth-order valence-electron chi connectivity index (χ4n) is 1.83. The molecule has 0 aliphatic heterocycles. The fraction of sp³-hybridized carbons (Fsp3) is 1.00. The van der Waals surface area contributed by atoms with Crippen LogP contribution in [0.1, 0.15) is 34.1 Å². The standard InChI is InChI=1S/C13H30N2O/c1-6-13(4,10-14)11-15(7-8-16-5)9-12(2)3/h12H,6-11,14H2,1-5H3. The van der Waals surface area contributed by atoms with E-state index in [2.05, 4.69) is 32.6 Å². The molecule has 1 unspecified atom stereocenters. The average Bonchev–Trinajstić information content (AvgIpc) is 2.25. The molecule has 0 saturated carbocycles. The zero-order valence-electron chi connectivity index (χ0n) is 11.8. The molecular formula is C13H30N2O. The monoisotopic (exact) mass is 230 g/mol. The Morgan fingerprint density at radius 3 is 2.38 bits per heavy atom. The van der Waals surface area contributed by atoms with E-state index in [0.29, 0.717) is 5.92 Å². The Bertz CT molecular complexity index is 167. The van der Waals surface area contributed by atoms with E-state index in [-0.39, 0.29) is 5.41 Å². The minimum absolute atomic E-state index is 0.239. The minimum Gasteiger partial charge on any atom is -0.383 e. The molecule has 2 N–H and O–H groups in total. The Labute approximate surface area is 101 Å². The van der Waals surface area contributed by atoms with Crippen LogP contribution in [-0.2, 0) is 4.74 Å². The maximum absolute atomic E-state index is 5.87.